The molecule has 0 radical (unpaired) electrons. The van der Waals surface area contributed by atoms with Gasteiger partial charge in [-0.3, -0.25) is 0 Å². The molecule has 3 rings (SSSR count). The monoisotopic (exact) mass is 282 g/mol. The second-order valence-corrected chi connectivity index (χ2v) is 5.01. The van der Waals surface area contributed by atoms with Crippen molar-refractivity contribution >= 4 is 16.7 Å². The van der Waals surface area contributed by atoms with Crippen molar-refractivity contribution < 1.29 is 4.52 Å². The fourth-order valence-electron chi connectivity index (χ4n) is 2.31. The van der Waals surface area contributed by atoms with Crippen LogP contribution in [0.25, 0.3) is 22.2 Å². The van der Waals surface area contributed by atoms with Crippen LogP contribution in [0.1, 0.15) is 25.5 Å². The second kappa shape index (κ2) is 5.91. The van der Waals surface area contributed by atoms with E-state index in [1.54, 1.807) is 0 Å². The van der Waals surface area contributed by atoms with Crippen molar-refractivity contribution in [1.29, 1.82) is 0 Å². The smallest absolute Gasteiger partial charge is 0.178 e. The highest BCUT2D eigenvalue weighted by molar-refractivity contribution is 5.98. The van der Waals surface area contributed by atoms with Gasteiger partial charge in [-0.2, -0.15) is 0 Å². The number of anilines is 1. The van der Waals surface area contributed by atoms with Crippen molar-refractivity contribution in [3.05, 3.63) is 36.1 Å². The molecular formula is C16H18N4O. The average Bonchev–Trinajstić information content (AvgIpc) is 2.91. The van der Waals surface area contributed by atoms with Crippen molar-refractivity contribution in [3.8, 4) is 11.3 Å². The van der Waals surface area contributed by atoms with E-state index >= 15 is 0 Å². The number of benzene rings is 1. The molecule has 0 unspecified atom stereocenters. The van der Waals surface area contributed by atoms with Crippen LogP contribution in [0.3, 0.4) is 0 Å². The Morgan fingerprint density at radius 2 is 1.95 bits per heavy atom. The zero-order valence-electron chi connectivity index (χ0n) is 12.3. The zero-order chi connectivity index (χ0) is 14.7. The first kappa shape index (κ1) is 13.5. The summed E-state index contributed by atoms with van der Waals surface area (Å²) in [5.41, 5.74) is 2.57. The number of aryl methyl sites for hydroxylation is 1. The molecule has 1 N–H and O–H groups in total. The van der Waals surface area contributed by atoms with Gasteiger partial charge in [0.15, 0.2) is 11.3 Å². The molecule has 2 aromatic heterocycles. The maximum absolute atomic E-state index is 5.35. The Morgan fingerprint density at radius 1 is 1.14 bits per heavy atom. The van der Waals surface area contributed by atoms with Gasteiger partial charge in [0.05, 0.1) is 5.39 Å². The van der Waals surface area contributed by atoms with Crippen molar-refractivity contribution in [3.63, 3.8) is 0 Å². The number of fused-ring (bicyclic) bond motifs is 1. The Bertz CT molecular complexity index is 737. The van der Waals surface area contributed by atoms with Crippen LogP contribution < -0.4 is 5.32 Å². The quantitative estimate of drug-likeness (QED) is 0.721. The van der Waals surface area contributed by atoms with Crippen molar-refractivity contribution in [1.82, 2.24) is 15.4 Å². The van der Waals surface area contributed by atoms with Gasteiger partial charge in [0.1, 0.15) is 11.5 Å². The van der Waals surface area contributed by atoms with Crippen LogP contribution in [0.2, 0.25) is 0 Å². The van der Waals surface area contributed by atoms with E-state index in [-0.39, 0.29) is 0 Å². The molecule has 0 aliphatic heterocycles. The van der Waals surface area contributed by atoms with Gasteiger partial charge in [0.25, 0.3) is 0 Å². The van der Waals surface area contributed by atoms with E-state index in [1.807, 2.05) is 37.3 Å². The molecule has 0 amide bonds. The molecule has 0 aliphatic rings. The summed E-state index contributed by atoms with van der Waals surface area (Å²) in [6.45, 7) is 4.91. The third-order valence-electron chi connectivity index (χ3n) is 3.44. The lowest BCUT2D eigenvalue weighted by Crippen LogP contribution is -2.05. The predicted molar refractivity (Wildman–Crippen MR) is 83.2 cm³/mol. The molecule has 0 atom stereocenters. The van der Waals surface area contributed by atoms with E-state index in [2.05, 4.69) is 27.6 Å². The number of hydrogen-bond acceptors (Lipinski definition) is 5. The highest BCUT2D eigenvalue weighted by Crippen LogP contribution is 2.31. The Balaban J connectivity index is 2.08. The summed E-state index contributed by atoms with van der Waals surface area (Å²) in [4.78, 5) is 0. The first-order valence-electron chi connectivity index (χ1n) is 7.23. The van der Waals surface area contributed by atoms with E-state index in [0.29, 0.717) is 5.82 Å². The van der Waals surface area contributed by atoms with E-state index in [4.69, 9.17) is 4.52 Å². The lowest BCUT2D eigenvalue weighted by molar-refractivity contribution is 0.405. The minimum atomic E-state index is 0.690. The number of aromatic nitrogens is 3. The lowest BCUT2D eigenvalue weighted by atomic mass is 10.1. The van der Waals surface area contributed by atoms with Crippen molar-refractivity contribution in [2.45, 2.75) is 26.7 Å². The summed E-state index contributed by atoms with van der Waals surface area (Å²) < 4.78 is 5.35. The highest BCUT2D eigenvalue weighted by Gasteiger charge is 2.17. The van der Waals surface area contributed by atoms with Crippen LogP contribution in [-0.2, 0) is 0 Å². The molecule has 2 heterocycles. The van der Waals surface area contributed by atoms with Crippen LogP contribution in [0.15, 0.2) is 34.9 Å². The Morgan fingerprint density at radius 3 is 2.71 bits per heavy atom. The molecule has 1 aromatic carbocycles. The minimum absolute atomic E-state index is 0.690. The van der Waals surface area contributed by atoms with Crippen LogP contribution in [-0.4, -0.2) is 21.9 Å². The molecule has 0 saturated heterocycles. The van der Waals surface area contributed by atoms with E-state index < -0.39 is 0 Å². The SMILES string of the molecule is CCCCNc1nnc(-c2ccccc2)c2c(C)onc12. The number of nitrogens with one attached hydrogen (secondary N) is 1. The maximum Gasteiger partial charge on any atom is 0.178 e. The third-order valence-corrected chi connectivity index (χ3v) is 3.44. The van der Waals surface area contributed by atoms with E-state index in [0.717, 1.165) is 47.3 Å². The molecule has 5 nitrogen and oxygen atoms in total. The first-order valence-corrected chi connectivity index (χ1v) is 7.23. The molecule has 0 spiro atoms. The number of nitrogens with zero attached hydrogens (tertiary/aromatic N) is 3. The zero-order valence-corrected chi connectivity index (χ0v) is 12.3. The van der Waals surface area contributed by atoms with Gasteiger partial charge in [-0.05, 0) is 13.3 Å². The molecular weight excluding hydrogens is 264 g/mol. The summed E-state index contributed by atoms with van der Waals surface area (Å²) in [5, 5.41) is 17.0. The Kier molecular flexibility index (Phi) is 3.81. The van der Waals surface area contributed by atoms with Gasteiger partial charge in [0.2, 0.25) is 0 Å². The maximum atomic E-state index is 5.35. The second-order valence-electron chi connectivity index (χ2n) is 5.01. The van der Waals surface area contributed by atoms with Crippen molar-refractivity contribution in [2.75, 3.05) is 11.9 Å². The fraction of sp³-hybridized carbons (Fsp3) is 0.312. The van der Waals surface area contributed by atoms with Gasteiger partial charge in [0, 0.05) is 12.1 Å². The molecule has 21 heavy (non-hydrogen) atoms. The van der Waals surface area contributed by atoms with Gasteiger partial charge >= 0.3 is 0 Å². The predicted octanol–water partition coefficient (Wildman–Crippen LogP) is 3.81. The minimum Gasteiger partial charge on any atom is -0.367 e. The number of unbranched alkanes of at least 4 members (excludes halogenated alkanes) is 1. The summed E-state index contributed by atoms with van der Waals surface area (Å²) >= 11 is 0. The van der Waals surface area contributed by atoms with Gasteiger partial charge < -0.3 is 9.84 Å². The van der Waals surface area contributed by atoms with Crippen molar-refractivity contribution in [2.24, 2.45) is 0 Å². The molecule has 0 bridgehead atoms. The van der Waals surface area contributed by atoms with Gasteiger partial charge in [-0.15, -0.1) is 10.2 Å². The van der Waals surface area contributed by atoms with Gasteiger partial charge in [-0.1, -0.05) is 48.8 Å². The average molecular weight is 282 g/mol. The summed E-state index contributed by atoms with van der Waals surface area (Å²) in [6.07, 6.45) is 2.21. The first-order chi connectivity index (χ1) is 10.3. The number of hydrogen-bond donors (Lipinski definition) is 1. The lowest BCUT2D eigenvalue weighted by Gasteiger charge is -2.06. The van der Waals surface area contributed by atoms with Gasteiger partial charge in [-0.25, -0.2) is 0 Å². The van der Waals surface area contributed by atoms with Crippen LogP contribution >= 0.6 is 0 Å². The normalized spacial score (nSPS) is 11.0. The van der Waals surface area contributed by atoms with Crippen LogP contribution in [0, 0.1) is 6.92 Å². The topological polar surface area (TPSA) is 63.8 Å². The van der Waals surface area contributed by atoms with E-state index in [1.165, 1.54) is 0 Å². The Labute approximate surface area is 123 Å². The van der Waals surface area contributed by atoms with Crippen LogP contribution in [0.5, 0.6) is 0 Å². The fourth-order valence-corrected chi connectivity index (χ4v) is 2.31. The molecule has 5 heteroatoms. The summed E-state index contributed by atoms with van der Waals surface area (Å²) in [7, 11) is 0. The molecule has 3 aromatic rings. The molecule has 0 aliphatic carbocycles. The molecule has 0 saturated carbocycles. The van der Waals surface area contributed by atoms with E-state index in [9.17, 15) is 0 Å². The number of rotatable bonds is 5. The summed E-state index contributed by atoms with van der Waals surface area (Å²) in [5.74, 6) is 1.45. The third kappa shape index (κ3) is 2.59. The van der Waals surface area contributed by atoms with Crippen LogP contribution in [0.4, 0.5) is 5.82 Å². The summed E-state index contributed by atoms with van der Waals surface area (Å²) in [6, 6.07) is 9.98. The Hall–Kier alpha value is -2.43. The highest BCUT2D eigenvalue weighted by atomic mass is 16.5. The standard InChI is InChI=1S/C16H18N4O/c1-3-4-10-17-16-15-13(11(2)21-20-15)14(18-19-16)12-8-6-5-7-9-12/h5-9H,3-4,10H2,1-2H3,(H,17,19). The molecule has 108 valence electrons. The molecule has 0 fully saturated rings. The largest absolute Gasteiger partial charge is 0.367 e.